The Labute approximate surface area is 195 Å². The van der Waals surface area contributed by atoms with E-state index < -0.39 is 12.0 Å². The highest BCUT2D eigenvalue weighted by molar-refractivity contribution is 6.33. The molecule has 5 heterocycles. The van der Waals surface area contributed by atoms with Crippen LogP contribution in [-0.4, -0.2) is 49.7 Å². The highest BCUT2D eigenvalue weighted by atomic mass is 35.5. The molecule has 2 aliphatic rings. The minimum atomic E-state index is -0.738. The molecule has 33 heavy (non-hydrogen) atoms. The van der Waals surface area contributed by atoms with Gasteiger partial charge in [0.1, 0.15) is 47.3 Å². The Bertz CT molecular complexity index is 1340. The zero-order valence-corrected chi connectivity index (χ0v) is 19.1. The molecule has 0 saturated carbocycles. The van der Waals surface area contributed by atoms with Crippen LogP contribution in [0.4, 0.5) is 0 Å². The van der Waals surface area contributed by atoms with E-state index in [2.05, 4.69) is 15.0 Å². The van der Waals surface area contributed by atoms with E-state index in [1.54, 1.807) is 6.20 Å². The van der Waals surface area contributed by atoms with Gasteiger partial charge in [-0.05, 0) is 45.0 Å². The number of fused-ring (bicyclic) bond motifs is 3. The smallest absolute Gasteiger partial charge is 0.165 e. The molecular formula is C24H23ClN4O4. The number of ether oxygens (including phenoxy) is 4. The molecule has 9 heteroatoms. The molecule has 4 aromatic rings. The van der Waals surface area contributed by atoms with E-state index in [1.165, 1.54) is 6.33 Å². The molecule has 0 radical (unpaired) electrons. The summed E-state index contributed by atoms with van der Waals surface area (Å²) >= 11 is 6.26. The summed E-state index contributed by atoms with van der Waals surface area (Å²) in [6.45, 7) is 5.80. The van der Waals surface area contributed by atoms with Gasteiger partial charge in [-0.2, -0.15) is 0 Å². The predicted octanol–water partition coefficient (Wildman–Crippen LogP) is 4.52. The van der Waals surface area contributed by atoms with Crippen molar-refractivity contribution in [2.24, 2.45) is 0 Å². The molecule has 0 bridgehead atoms. The lowest BCUT2D eigenvalue weighted by Crippen LogP contribution is -2.40. The fourth-order valence-electron chi connectivity index (χ4n) is 4.76. The summed E-state index contributed by atoms with van der Waals surface area (Å²) in [6, 6.07) is 11.7. The Kier molecular flexibility index (Phi) is 4.81. The standard InChI is InChI=1S/C24H23ClN4O4/c1-13(30-15-7-6-14-5-4-9-26-17(14)11-15)18-19-20(33-24(2,3)32-19)23(31-18)29-10-8-16-21(25)27-12-28-22(16)29/h4-13,18-20,23H,1-3H3/t13?,18-,19?,20-,23-/m1/s1. The van der Waals surface area contributed by atoms with Crippen LogP contribution >= 0.6 is 11.6 Å². The first-order valence-corrected chi connectivity index (χ1v) is 11.3. The van der Waals surface area contributed by atoms with Crippen LogP contribution < -0.4 is 4.74 Å². The van der Waals surface area contributed by atoms with Gasteiger partial charge in [0.05, 0.1) is 10.9 Å². The van der Waals surface area contributed by atoms with E-state index in [0.717, 1.165) is 22.0 Å². The Morgan fingerprint density at radius 1 is 1.09 bits per heavy atom. The Hall–Kier alpha value is -2.78. The average Bonchev–Trinajstić information content (AvgIpc) is 3.45. The van der Waals surface area contributed by atoms with Gasteiger partial charge < -0.3 is 23.5 Å². The van der Waals surface area contributed by atoms with Crippen LogP contribution in [0.5, 0.6) is 5.75 Å². The summed E-state index contributed by atoms with van der Waals surface area (Å²) in [6.07, 6.45) is 3.34. The van der Waals surface area contributed by atoms with Gasteiger partial charge in [0, 0.05) is 23.8 Å². The van der Waals surface area contributed by atoms with E-state index in [-0.39, 0.29) is 24.4 Å². The molecule has 0 aliphatic carbocycles. The van der Waals surface area contributed by atoms with E-state index in [0.29, 0.717) is 10.8 Å². The number of benzene rings is 1. The molecule has 3 aromatic heterocycles. The Morgan fingerprint density at radius 2 is 1.94 bits per heavy atom. The van der Waals surface area contributed by atoms with Crippen molar-refractivity contribution < 1.29 is 18.9 Å². The number of rotatable bonds is 4. The van der Waals surface area contributed by atoms with Crippen molar-refractivity contribution in [2.45, 2.75) is 57.2 Å². The Balaban J connectivity index is 1.31. The summed E-state index contributed by atoms with van der Waals surface area (Å²) in [5, 5.41) is 2.22. The monoisotopic (exact) mass is 466 g/mol. The molecule has 2 unspecified atom stereocenters. The van der Waals surface area contributed by atoms with Crippen LogP contribution in [0.3, 0.4) is 0 Å². The molecular weight excluding hydrogens is 444 g/mol. The lowest BCUT2D eigenvalue weighted by Gasteiger charge is -2.28. The number of aromatic nitrogens is 4. The van der Waals surface area contributed by atoms with Crippen molar-refractivity contribution in [3.05, 3.63) is 60.3 Å². The third-order valence-corrected chi connectivity index (χ3v) is 6.46. The highest BCUT2D eigenvalue weighted by Crippen LogP contribution is 2.45. The number of hydrogen-bond acceptors (Lipinski definition) is 7. The van der Waals surface area contributed by atoms with E-state index in [9.17, 15) is 0 Å². The third kappa shape index (κ3) is 3.54. The lowest BCUT2D eigenvalue weighted by molar-refractivity contribution is -0.204. The number of nitrogens with zero attached hydrogens (tertiary/aromatic N) is 4. The second-order valence-corrected chi connectivity index (χ2v) is 9.22. The number of hydrogen-bond donors (Lipinski definition) is 0. The minimum absolute atomic E-state index is 0.304. The average molecular weight is 467 g/mol. The largest absolute Gasteiger partial charge is 0.488 e. The Morgan fingerprint density at radius 3 is 2.82 bits per heavy atom. The van der Waals surface area contributed by atoms with E-state index >= 15 is 0 Å². The zero-order valence-electron chi connectivity index (χ0n) is 18.4. The van der Waals surface area contributed by atoms with Crippen LogP contribution in [0.2, 0.25) is 5.15 Å². The van der Waals surface area contributed by atoms with Gasteiger partial charge in [0.15, 0.2) is 12.0 Å². The molecule has 6 rings (SSSR count). The molecule has 0 amide bonds. The molecule has 2 saturated heterocycles. The lowest BCUT2D eigenvalue weighted by atomic mass is 10.1. The van der Waals surface area contributed by atoms with Gasteiger partial charge in [0.2, 0.25) is 0 Å². The highest BCUT2D eigenvalue weighted by Gasteiger charge is 2.57. The molecule has 1 aromatic carbocycles. The molecule has 2 aliphatic heterocycles. The maximum Gasteiger partial charge on any atom is 0.165 e. The molecule has 0 N–H and O–H groups in total. The number of halogens is 1. The van der Waals surface area contributed by atoms with Crippen LogP contribution in [0.1, 0.15) is 27.0 Å². The summed E-state index contributed by atoms with van der Waals surface area (Å²) in [4.78, 5) is 12.9. The second kappa shape index (κ2) is 7.63. The summed E-state index contributed by atoms with van der Waals surface area (Å²) in [7, 11) is 0. The van der Waals surface area contributed by atoms with Gasteiger partial charge >= 0.3 is 0 Å². The van der Waals surface area contributed by atoms with Gasteiger partial charge in [-0.25, -0.2) is 9.97 Å². The first-order chi connectivity index (χ1) is 15.9. The van der Waals surface area contributed by atoms with Crippen LogP contribution in [0.25, 0.3) is 21.9 Å². The van der Waals surface area contributed by atoms with Crippen molar-refractivity contribution in [3.8, 4) is 5.75 Å². The number of pyridine rings is 1. The van der Waals surface area contributed by atoms with Gasteiger partial charge in [-0.3, -0.25) is 4.98 Å². The fourth-order valence-corrected chi connectivity index (χ4v) is 4.95. The molecule has 0 spiro atoms. The maximum absolute atomic E-state index is 6.50. The van der Waals surface area contributed by atoms with Crippen molar-refractivity contribution in [2.75, 3.05) is 0 Å². The zero-order chi connectivity index (χ0) is 22.7. The van der Waals surface area contributed by atoms with Crippen molar-refractivity contribution >= 4 is 33.5 Å². The van der Waals surface area contributed by atoms with Gasteiger partial charge in [-0.1, -0.05) is 17.7 Å². The van der Waals surface area contributed by atoms with Gasteiger partial charge in [-0.15, -0.1) is 0 Å². The predicted molar refractivity (Wildman–Crippen MR) is 122 cm³/mol. The van der Waals surface area contributed by atoms with Crippen molar-refractivity contribution in [1.29, 1.82) is 0 Å². The van der Waals surface area contributed by atoms with E-state index in [1.807, 2.05) is 67.9 Å². The summed E-state index contributed by atoms with van der Waals surface area (Å²) < 4.78 is 27.3. The molecule has 5 atom stereocenters. The first kappa shape index (κ1) is 20.8. The van der Waals surface area contributed by atoms with Crippen LogP contribution in [-0.2, 0) is 14.2 Å². The van der Waals surface area contributed by atoms with Crippen LogP contribution in [0.15, 0.2) is 55.1 Å². The van der Waals surface area contributed by atoms with E-state index in [4.69, 9.17) is 30.5 Å². The first-order valence-electron chi connectivity index (χ1n) is 10.9. The quantitative estimate of drug-likeness (QED) is 0.409. The molecule has 8 nitrogen and oxygen atoms in total. The summed E-state index contributed by atoms with van der Waals surface area (Å²) in [5.74, 6) is -0.0148. The summed E-state index contributed by atoms with van der Waals surface area (Å²) in [5.41, 5.74) is 1.56. The van der Waals surface area contributed by atoms with Gasteiger partial charge in [0.25, 0.3) is 0 Å². The SMILES string of the molecule is CC(Oc1ccc2cccnc2c1)[C@H]1O[C@@H](n2ccc3c(Cl)ncnc32)[C@@H]2OC(C)(C)OC12. The third-order valence-electron chi connectivity index (χ3n) is 6.16. The van der Waals surface area contributed by atoms with Crippen LogP contribution in [0, 0.1) is 0 Å². The second-order valence-electron chi connectivity index (χ2n) is 8.86. The topological polar surface area (TPSA) is 80.5 Å². The van der Waals surface area contributed by atoms with Crippen molar-refractivity contribution in [3.63, 3.8) is 0 Å². The molecule has 2 fully saturated rings. The van der Waals surface area contributed by atoms with Crippen molar-refractivity contribution in [1.82, 2.24) is 19.5 Å². The molecule has 170 valence electrons. The minimum Gasteiger partial charge on any atom is -0.488 e. The fraction of sp³-hybridized carbons (Fsp3) is 0.375. The normalized spacial score (nSPS) is 27.2. The maximum atomic E-state index is 6.50.